The van der Waals surface area contributed by atoms with Crippen molar-refractivity contribution >= 4 is 27.1 Å². The van der Waals surface area contributed by atoms with Crippen molar-refractivity contribution in [3.63, 3.8) is 0 Å². The molecule has 0 radical (unpaired) electrons. The highest BCUT2D eigenvalue weighted by Crippen LogP contribution is 2.37. The van der Waals surface area contributed by atoms with E-state index in [1.165, 1.54) is 11.3 Å². The fourth-order valence-corrected chi connectivity index (χ4v) is 5.23. The highest BCUT2D eigenvalue weighted by Gasteiger charge is 2.34. The summed E-state index contributed by atoms with van der Waals surface area (Å²) in [4.78, 5) is 7.31. The van der Waals surface area contributed by atoms with Gasteiger partial charge in [0.2, 0.25) is 26.6 Å². The van der Waals surface area contributed by atoms with Crippen LogP contribution in [0.3, 0.4) is 0 Å². The molecule has 1 aliphatic heterocycles. The maximum absolute atomic E-state index is 13.3. The van der Waals surface area contributed by atoms with Crippen LogP contribution in [0.1, 0.15) is 13.8 Å². The molecule has 0 bridgehead atoms. The Morgan fingerprint density at radius 3 is 2.41 bits per heavy atom. The standard InChI is InChI=1S/C19H20N2O4S2/c1-13-11-21(12-14(2)24-13)19-18(20-17(25-19)16-9-6-10-26-16)27(22,23)15-7-4-3-5-8-15/h3-10,13-14H,11-12H2,1-2H3. The molecule has 0 aliphatic carbocycles. The summed E-state index contributed by atoms with van der Waals surface area (Å²) in [5.74, 6) is 0.602. The number of hydrogen-bond donors (Lipinski definition) is 0. The van der Waals surface area contributed by atoms with Crippen LogP contribution in [0.4, 0.5) is 5.88 Å². The second-order valence-electron chi connectivity index (χ2n) is 6.59. The van der Waals surface area contributed by atoms with Crippen molar-refractivity contribution in [2.24, 2.45) is 0 Å². The molecule has 6 nitrogen and oxygen atoms in total. The third-order valence-corrected chi connectivity index (χ3v) is 6.85. The number of sulfone groups is 1. The zero-order valence-electron chi connectivity index (χ0n) is 15.0. The van der Waals surface area contributed by atoms with E-state index in [0.29, 0.717) is 19.0 Å². The smallest absolute Gasteiger partial charge is 0.240 e. The molecule has 1 aromatic carbocycles. The number of anilines is 1. The molecule has 0 amide bonds. The summed E-state index contributed by atoms with van der Waals surface area (Å²) in [6.45, 7) is 5.01. The third-order valence-electron chi connectivity index (χ3n) is 4.33. The van der Waals surface area contributed by atoms with Crippen LogP contribution in [0, 0.1) is 0 Å². The zero-order chi connectivity index (χ0) is 19.0. The zero-order valence-corrected chi connectivity index (χ0v) is 16.7. The van der Waals surface area contributed by atoms with Crippen molar-refractivity contribution in [2.75, 3.05) is 18.0 Å². The van der Waals surface area contributed by atoms with Crippen LogP contribution in [0.25, 0.3) is 10.8 Å². The van der Waals surface area contributed by atoms with Crippen molar-refractivity contribution in [1.29, 1.82) is 0 Å². The number of morpholine rings is 1. The van der Waals surface area contributed by atoms with Crippen LogP contribution in [0.2, 0.25) is 0 Å². The van der Waals surface area contributed by atoms with E-state index in [1.54, 1.807) is 30.3 Å². The van der Waals surface area contributed by atoms with Crippen LogP contribution in [-0.4, -0.2) is 38.7 Å². The van der Waals surface area contributed by atoms with Crippen LogP contribution in [0.15, 0.2) is 62.2 Å². The van der Waals surface area contributed by atoms with Crippen LogP contribution in [0.5, 0.6) is 0 Å². The van der Waals surface area contributed by atoms with E-state index in [-0.39, 0.29) is 28.0 Å². The Hall–Kier alpha value is -2.16. The molecule has 8 heteroatoms. The monoisotopic (exact) mass is 404 g/mol. The largest absolute Gasteiger partial charge is 0.418 e. The Labute approximate surface area is 162 Å². The van der Waals surface area contributed by atoms with Crippen molar-refractivity contribution in [2.45, 2.75) is 36.0 Å². The molecule has 1 fully saturated rings. The first-order valence-electron chi connectivity index (χ1n) is 8.70. The molecular weight excluding hydrogens is 384 g/mol. The van der Waals surface area contributed by atoms with Gasteiger partial charge in [-0.3, -0.25) is 0 Å². The van der Waals surface area contributed by atoms with Gasteiger partial charge in [-0.15, -0.1) is 11.3 Å². The van der Waals surface area contributed by atoms with Crippen molar-refractivity contribution in [3.05, 3.63) is 47.8 Å². The normalized spacial score (nSPS) is 20.7. The topological polar surface area (TPSA) is 72.6 Å². The number of rotatable bonds is 4. The van der Waals surface area contributed by atoms with Crippen LogP contribution >= 0.6 is 11.3 Å². The third kappa shape index (κ3) is 3.52. The van der Waals surface area contributed by atoms with E-state index < -0.39 is 9.84 Å². The predicted molar refractivity (Wildman–Crippen MR) is 104 cm³/mol. The van der Waals surface area contributed by atoms with Gasteiger partial charge in [-0.2, -0.15) is 4.98 Å². The minimum absolute atomic E-state index is 0.0312. The maximum Gasteiger partial charge on any atom is 0.240 e. The second kappa shape index (κ2) is 7.10. The summed E-state index contributed by atoms with van der Waals surface area (Å²) in [6.07, 6.45) is -0.0624. The average Bonchev–Trinajstić information content (AvgIpc) is 3.31. The van der Waals surface area contributed by atoms with E-state index in [0.717, 1.165) is 4.88 Å². The lowest BCUT2D eigenvalue weighted by molar-refractivity contribution is -0.00657. The Bertz CT molecular complexity index is 1000. The Morgan fingerprint density at radius 2 is 1.78 bits per heavy atom. The van der Waals surface area contributed by atoms with Crippen molar-refractivity contribution in [1.82, 2.24) is 4.98 Å². The molecular formula is C19H20N2O4S2. The highest BCUT2D eigenvalue weighted by molar-refractivity contribution is 7.91. The van der Waals surface area contributed by atoms with E-state index in [4.69, 9.17) is 9.15 Å². The van der Waals surface area contributed by atoms with Gasteiger partial charge in [-0.1, -0.05) is 24.3 Å². The van der Waals surface area contributed by atoms with Gasteiger partial charge < -0.3 is 14.1 Å². The van der Waals surface area contributed by atoms with E-state index in [9.17, 15) is 8.42 Å². The lowest BCUT2D eigenvalue weighted by Gasteiger charge is -2.35. The molecule has 2 unspecified atom stereocenters. The summed E-state index contributed by atoms with van der Waals surface area (Å²) in [5.41, 5.74) is 0. The van der Waals surface area contributed by atoms with Gasteiger partial charge in [0, 0.05) is 13.1 Å². The molecule has 1 saturated heterocycles. The molecule has 2 aromatic heterocycles. The van der Waals surface area contributed by atoms with E-state index in [2.05, 4.69) is 4.98 Å². The van der Waals surface area contributed by atoms with Gasteiger partial charge in [-0.05, 0) is 37.4 Å². The minimum Gasteiger partial charge on any atom is -0.418 e. The molecule has 1 aliphatic rings. The predicted octanol–water partition coefficient (Wildman–Crippen LogP) is 3.85. The highest BCUT2D eigenvalue weighted by atomic mass is 32.2. The van der Waals surface area contributed by atoms with E-state index >= 15 is 0 Å². The first-order valence-corrected chi connectivity index (χ1v) is 11.1. The average molecular weight is 405 g/mol. The quantitative estimate of drug-likeness (QED) is 0.658. The van der Waals surface area contributed by atoms with Crippen molar-refractivity contribution in [3.8, 4) is 10.8 Å². The van der Waals surface area contributed by atoms with Gasteiger partial charge in [-0.25, -0.2) is 8.42 Å². The van der Waals surface area contributed by atoms with Crippen LogP contribution < -0.4 is 4.90 Å². The molecule has 2 atom stereocenters. The molecule has 3 heterocycles. The number of benzene rings is 1. The molecule has 27 heavy (non-hydrogen) atoms. The van der Waals surface area contributed by atoms with E-state index in [1.807, 2.05) is 36.3 Å². The number of ether oxygens (including phenoxy) is 1. The Morgan fingerprint density at radius 1 is 1.07 bits per heavy atom. The molecule has 0 N–H and O–H groups in total. The lowest BCUT2D eigenvalue weighted by Crippen LogP contribution is -2.45. The van der Waals surface area contributed by atoms with Crippen LogP contribution in [-0.2, 0) is 14.6 Å². The van der Waals surface area contributed by atoms with Gasteiger partial charge in [0.05, 0.1) is 22.0 Å². The second-order valence-corrected chi connectivity index (χ2v) is 9.40. The van der Waals surface area contributed by atoms with Gasteiger partial charge >= 0.3 is 0 Å². The SMILES string of the molecule is CC1CN(c2oc(-c3cccs3)nc2S(=O)(=O)c2ccccc2)CC(C)O1. The van der Waals surface area contributed by atoms with Gasteiger partial charge in [0.1, 0.15) is 0 Å². The summed E-state index contributed by atoms with van der Waals surface area (Å²) in [6, 6.07) is 12.1. The number of aromatic nitrogens is 1. The maximum atomic E-state index is 13.3. The first kappa shape index (κ1) is 18.2. The van der Waals surface area contributed by atoms with Crippen molar-refractivity contribution < 1.29 is 17.6 Å². The van der Waals surface area contributed by atoms with Gasteiger partial charge in [0.15, 0.2) is 0 Å². The summed E-state index contributed by atoms with van der Waals surface area (Å²) in [7, 11) is -3.81. The number of oxazole rings is 1. The number of hydrogen-bond acceptors (Lipinski definition) is 7. The summed E-state index contributed by atoms with van der Waals surface area (Å²) in [5, 5.41) is 1.86. The molecule has 3 aromatic rings. The molecule has 4 rings (SSSR count). The summed E-state index contributed by atoms with van der Waals surface area (Å²) >= 11 is 1.46. The Kier molecular flexibility index (Phi) is 4.79. The molecule has 142 valence electrons. The Balaban J connectivity index is 1.84. The lowest BCUT2D eigenvalue weighted by atomic mass is 10.2. The first-order chi connectivity index (χ1) is 12.9. The number of thiophene rings is 1. The van der Waals surface area contributed by atoms with Gasteiger partial charge in [0.25, 0.3) is 0 Å². The molecule has 0 spiro atoms. The minimum atomic E-state index is -3.81. The molecule has 0 saturated carbocycles. The fourth-order valence-electron chi connectivity index (χ4n) is 3.23. The number of nitrogens with zero attached hydrogens (tertiary/aromatic N) is 2. The summed E-state index contributed by atoms with van der Waals surface area (Å²) < 4.78 is 38.3. The fraction of sp³-hybridized carbons (Fsp3) is 0.316.